The first-order chi connectivity index (χ1) is 17.8. The largest absolute Gasteiger partial charge is 0.207 e. The zero-order chi connectivity index (χ0) is 25.9. The van der Waals surface area contributed by atoms with Gasteiger partial charge >= 0.3 is 0 Å². The van der Waals surface area contributed by atoms with E-state index in [-0.39, 0.29) is 28.9 Å². The van der Waals surface area contributed by atoms with Crippen molar-refractivity contribution >= 4 is 0 Å². The Bertz CT molecular complexity index is 1440. The second-order valence-corrected chi connectivity index (χ2v) is 11.9. The van der Waals surface area contributed by atoms with Gasteiger partial charge < -0.3 is 0 Å². The highest BCUT2D eigenvalue weighted by Gasteiger charge is 2.58. The SMILES string of the molecule is CC1C(C)[C@H](c2cccc(F)c2)C1c1cc(F)cc(-c2cccc([C@@H]3C(c4ccccc4)C3(C)C)c2)c1. The average Bonchev–Trinajstić information content (AvgIpc) is 3.48. The molecular formula is C35H34F2. The lowest BCUT2D eigenvalue weighted by molar-refractivity contribution is 0.122. The number of halogens is 2. The Kier molecular flexibility index (Phi) is 5.82. The molecule has 0 N–H and O–H groups in total. The van der Waals surface area contributed by atoms with Gasteiger partial charge in [0.2, 0.25) is 0 Å². The van der Waals surface area contributed by atoms with Crippen LogP contribution in [0.2, 0.25) is 0 Å². The van der Waals surface area contributed by atoms with Gasteiger partial charge in [-0.2, -0.15) is 0 Å². The number of benzene rings is 4. The van der Waals surface area contributed by atoms with Crippen LogP contribution in [0.25, 0.3) is 11.1 Å². The molecule has 37 heavy (non-hydrogen) atoms. The Hall–Kier alpha value is -3.26. The standard InChI is InChI=1S/C35H34F2/c1-21-22(2)32(31(21)25-13-9-15-29(36)18-25)28-17-27(19-30(37)20-28)24-12-8-14-26(16-24)34-33(35(34,3)4)23-10-6-5-7-11-23/h5-22,31-34H,1-4H3/t21?,22?,31-,32?,33?,34-/m1/s1. The summed E-state index contributed by atoms with van der Waals surface area (Å²) in [6, 6.07) is 31.8. The van der Waals surface area contributed by atoms with E-state index in [9.17, 15) is 4.39 Å². The van der Waals surface area contributed by atoms with Crippen LogP contribution in [0.15, 0.2) is 97.1 Å². The van der Waals surface area contributed by atoms with Gasteiger partial charge in [-0.25, -0.2) is 8.78 Å². The quantitative estimate of drug-likeness (QED) is 0.260. The summed E-state index contributed by atoms with van der Waals surface area (Å²) >= 11 is 0. The molecule has 0 saturated heterocycles. The first-order valence-electron chi connectivity index (χ1n) is 13.5. The van der Waals surface area contributed by atoms with Gasteiger partial charge in [-0.1, -0.05) is 100 Å². The molecule has 4 aromatic rings. The van der Waals surface area contributed by atoms with E-state index in [4.69, 9.17) is 0 Å². The molecule has 2 aliphatic carbocycles. The minimum atomic E-state index is -0.212. The van der Waals surface area contributed by atoms with E-state index in [1.54, 1.807) is 24.3 Å². The molecule has 2 fully saturated rings. The summed E-state index contributed by atoms with van der Waals surface area (Å²) < 4.78 is 29.1. The molecule has 6 atom stereocenters. The number of rotatable bonds is 5. The minimum absolute atomic E-state index is 0.166. The van der Waals surface area contributed by atoms with Gasteiger partial charge in [0.1, 0.15) is 11.6 Å². The second kappa shape index (κ2) is 8.94. The zero-order valence-corrected chi connectivity index (χ0v) is 22.0. The lowest BCUT2D eigenvalue weighted by Crippen LogP contribution is -2.40. The first-order valence-corrected chi connectivity index (χ1v) is 13.5. The van der Waals surface area contributed by atoms with Crippen LogP contribution in [0, 0.1) is 28.9 Å². The maximum atomic E-state index is 15.1. The van der Waals surface area contributed by atoms with Crippen LogP contribution in [-0.2, 0) is 0 Å². The molecule has 0 radical (unpaired) electrons. The zero-order valence-electron chi connectivity index (χ0n) is 22.0. The summed E-state index contributed by atoms with van der Waals surface area (Å²) in [5, 5.41) is 0. The lowest BCUT2D eigenvalue weighted by atomic mass is 9.54. The Morgan fingerprint density at radius 3 is 1.81 bits per heavy atom. The van der Waals surface area contributed by atoms with Crippen LogP contribution >= 0.6 is 0 Å². The van der Waals surface area contributed by atoms with Crippen LogP contribution < -0.4 is 0 Å². The average molecular weight is 493 g/mol. The van der Waals surface area contributed by atoms with E-state index < -0.39 is 0 Å². The third kappa shape index (κ3) is 4.11. The molecule has 0 aromatic heterocycles. The summed E-state index contributed by atoms with van der Waals surface area (Å²) in [5.74, 6) is 1.66. The van der Waals surface area contributed by atoms with Gasteiger partial charge in [0.05, 0.1) is 0 Å². The minimum Gasteiger partial charge on any atom is -0.207 e. The Balaban J connectivity index is 1.34. The third-order valence-corrected chi connectivity index (χ3v) is 9.45. The van der Waals surface area contributed by atoms with Gasteiger partial charge in [-0.15, -0.1) is 0 Å². The Morgan fingerprint density at radius 1 is 0.514 bits per heavy atom. The molecule has 0 aliphatic heterocycles. The molecular weight excluding hydrogens is 458 g/mol. The Labute approximate surface area is 219 Å². The van der Waals surface area contributed by atoms with E-state index in [0.29, 0.717) is 23.7 Å². The van der Waals surface area contributed by atoms with Crippen molar-refractivity contribution in [3.8, 4) is 11.1 Å². The van der Waals surface area contributed by atoms with Crippen LogP contribution in [-0.4, -0.2) is 0 Å². The summed E-state index contributed by atoms with van der Waals surface area (Å²) in [6.45, 7) is 9.14. The molecule has 0 amide bonds. The smallest absolute Gasteiger partial charge is 0.124 e. The third-order valence-electron chi connectivity index (χ3n) is 9.45. The molecule has 6 rings (SSSR count). The van der Waals surface area contributed by atoms with Gasteiger partial charge in [-0.3, -0.25) is 0 Å². The Morgan fingerprint density at radius 2 is 1.08 bits per heavy atom. The van der Waals surface area contributed by atoms with E-state index in [2.05, 4.69) is 88.4 Å². The van der Waals surface area contributed by atoms with Crippen LogP contribution in [0.3, 0.4) is 0 Å². The monoisotopic (exact) mass is 492 g/mol. The molecule has 188 valence electrons. The molecule has 2 heteroatoms. The molecule has 2 saturated carbocycles. The van der Waals surface area contributed by atoms with Crippen LogP contribution in [0.4, 0.5) is 8.78 Å². The van der Waals surface area contributed by atoms with E-state index in [0.717, 1.165) is 22.3 Å². The van der Waals surface area contributed by atoms with Crippen molar-refractivity contribution in [3.05, 3.63) is 131 Å². The van der Waals surface area contributed by atoms with Gasteiger partial charge in [0, 0.05) is 0 Å². The summed E-state index contributed by atoms with van der Waals surface area (Å²) in [4.78, 5) is 0. The molecule has 0 spiro atoms. The van der Waals surface area contributed by atoms with E-state index >= 15 is 4.39 Å². The van der Waals surface area contributed by atoms with Crippen molar-refractivity contribution in [3.63, 3.8) is 0 Å². The predicted octanol–water partition coefficient (Wildman–Crippen LogP) is 9.69. The summed E-state index contributed by atoms with van der Waals surface area (Å²) in [7, 11) is 0. The molecule has 0 bridgehead atoms. The van der Waals surface area contributed by atoms with Crippen molar-refractivity contribution in [2.24, 2.45) is 17.3 Å². The van der Waals surface area contributed by atoms with E-state index in [1.807, 2.05) is 6.07 Å². The lowest BCUT2D eigenvalue weighted by Gasteiger charge is -2.50. The highest BCUT2D eigenvalue weighted by atomic mass is 19.1. The fourth-order valence-corrected chi connectivity index (χ4v) is 7.32. The number of hydrogen-bond acceptors (Lipinski definition) is 0. The fourth-order valence-electron chi connectivity index (χ4n) is 7.32. The van der Waals surface area contributed by atoms with Crippen molar-refractivity contribution in [1.29, 1.82) is 0 Å². The van der Waals surface area contributed by atoms with Crippen molar-refractivity contribution in [2.75, 3.05) is 0 Å². The summed E-state index contributed by atoms with van der Waals surface area (Å²) in [5.41, 5.74) is 6.85. The first kappa shape index (κ1) is 24.1. The maximum Gasteiger partial charge on any atom is 0.124 e. The summed E-state index contributed by atoms with van der Waals surface area (Å²) in [6.07, 6.45) is 0. The van der Waals surface area contributed by atoms with Gasteiger partial charge in [0.15, 0.2) is 0 Å². The molecule has 2 aliphatic rings. The molecule has 0 heterocycles. The van der Waals surface area contributed by atoms with E-state index in [1.165, 1.54) is 17.2 Å². The highest BCUT2D eigenvalue weighted by Crippen LogP contribution is 2.70. The molecule has 4 unspecified atom stereocenters. The fraction of sp³-hybridized carbons (Fsp3) is 0.314. The predicted molar refractivity (Wildman–Crippen MR) is 148 cm³/mol. The van der Waals surface area contributed by atoms with Crippen molar-refractivity contribution < 1.29 is 8.78 Å². The molecule has 0 nitrogen and oxygen atoms in total. The highest BCUT2D eigenvalue weighted by molar-refractivity contribution is 5.66. The topological polar surface area (TPSA) is 0 Å². The van der Waals surface area contributed by atoms with Crippen molar-refractivity contribution in [2.45, 2.75) is 51.4 Å². The number of hydrogen-bond donors (Lipinski definition) is 0. The van der Waals surface area contributed by atoms with Crippen molar-refractivity contribution in [1.82, 2.24) is 0 Å². The second-order valence-electron chi connectivity index (χ2n) is 11.9. The van der Waals surface area contributed by atoms with Gasteiger partial charge in [0.25, 0.3) is 0 Å². The molecule has 4 aromatic carbocycles. The normalized spacial score (nSPS) is 27.9. The van der Waals surface area contributed by atoms with Crippen LogP contribution in [0.5, 0.6) is 0 Å². The van der Waals surface area contributed by atoms with Crippen LogP contribution in [0.1, 0.15) is 73.6 Å². The van der Waals surface area contributed by atoms with Gasteiger partial charge in [-0.05, 0) is 98.6 Å². The maximum absolute atomic E-state index is 15.1.